The number of fused-ring (bicyclic) bond motifs is 1. The van der Waals surface area contributed by atoms with E-state index in [0.717, 1.165) is 21.9 Å². The van der Waals surface area contributed by atoms with Crippen molar-refractivity contribution in [3.63, 3.8) is 0 Å². The molecule has 0 unspecified atom stereocenters. The highest BCUT2D eigenvalue weighted by Crippen LogP contribution is 2.51. The molecule has 0 bridgehead atoms. The minimum absolute atomic E-state index is 0.329. The highest BCUT2D eigenvalue weighted by molar-refractivity contribution is 7.62. The third-order valence-electron chi connectivity index (χ3n) is 4.65. The summed E-state index contributed by atoms with van der Waals surface area (Å²) >= 11 is 0. The topological polar surface area (TPSA) is 35.5 Å². The molecule has 0 spiro atoms. The molecule has 142 valence electrons. The van der Waals surface area contributed by atoms with Crippen LogP contribution < -0.4 is 5.30 Å². The van der Waals surface area contributed by atoms with Gasteiger partial charge in [0.2, 0.25) is 0 Å². The first kappa shape index (κ1) is 19.8. The van der Waals surface area contributed by atoms with Gasteiger partial charge in [0, 0.05) is 5.56 Å². The number of rotatable bonds is 7. The summed E-state index contributed by atoms with van der Waals surface area (Å²) in [5.74, 6) is 0.339. The van der Waals surface area contributed by atoms with Crippen LogP contribution in [-0.2, 0) is 13.6 Å². The Balaban J connectivity index is 2.41. The first-order valence-corrected chi connectivity index (χ1v) is 11.1. The molecule has 3 aromatic carbocycles. The van der Waals surface area contributed by atoms with Gasteiger partial charge in [-0.2, -0.15) is 0 Å². The molecule has 0 atom stereocenters. The first-order chi connectivity index (χ1) is 13.0. The fourth-order valence-electron chi connectivity index (χ4n) is 3.52. The van der Waals surface area contributed by atoms with Crippen molar-refractivity contribution < 1.29 is 13.6 Å². The lowest BCUT2D eigenvalue weighted by atomic mass is 9.90. The summed E-state index contributed by atoms with van der Waals surface area (Å²) in [6, 6.07) is 20.4. The van der Waals surface area contributed by atoms with Crippen LogP contribution in [0.15, 0.2) is 60.7 Å². The van der Waals surface area contributed by atoms with Crippen LogP contribution in [0.3, 0.4) is 0 Å². The van der Waals surface area contributed by atoms with Gasteiger partial charge in [-0.05, 0) is 47.7 Å². The number of hydrogen-bond acceptors (Lipinski definition) is 3. The van der Waals surface area contributed by atoms with Crippen LogP contribution in [0.1, 0.15) is 39.2 Å². The second-order valence-electron chi connectivity index (χ2n) is 6.76. The number of hydrogen-bond donors (Lipinski definition) is 0. The van der Waals surface area contributed by atoms with E-state index in [9.17, 15) is 4.57 Å². The lowest BCUT2D eigenvalue weighted by Gasteiger charge is -2.23. The Bertz CT molecular complexity index is 968. The maximum atomic E-state index is 13.7. The van der Waals surface area contributed by atoms with E-state index < -0.39 is 7.60 Å². The van der Waals surface area contributed by atoms with Crippen molar-refractivity contribution in [3.8, 4) is 11.1 Å². The predicted octanol–water partition coefficient (Wildman–Crippen LogP) is 6.52. The highest BCUT2D eigenvalue weighted by Gasteiger charge is 2.31. The monoisotopic (exact) mass is 382 g/mol. The SMILES string of the molecule is CCOP(=O)(OCC)c1ccc2ccccc2c1-c1ccccc1C(C)C. The van der Waals surface area contributed by atoms with Crippen LogP contribution >= 0.6 is 7.60 Å². The fourth-order valence-corrected chi connectivity index (χ4v) is 5.32. The maximum Gasteiger partial charge on any atom is 0.361 e. The van der Waals surface area contributed by atoms with E-state index in [1.165, 1.54) is 5.56 Å². The van der Waals surface area contributed by atoms with Crippen molar-refractivity contribution in [2.24, 2.45) is 0 Å². The Hall–Kier alpha value is -1.93. The molecular formula is C23H27O3P. The van der Waals surface area contributed by atoms with Crippen molar-refractivity contribution in [1.29, 1.82) is 0 Å². The molecule has 0 radical (unpaired) electrons. The molecule has 0 aromatic heterocycles. The van der Waals surface area contributed by atoms with E-state index in [2.05, 4.69) is 38.1 Å². The van der Waals surface area contributed by atoms with Gasteiger partial charge in [-0.3, -0.25) is 4.57 Å². The van der Waals surface area contributed by atoms with Crippen LogP contribution in [0.5, 0.6) is 0 Å². The molecular weight excluding hydrogens is 355 g/mol. The maximum absolute atomic E-state index is 13.7. The van der Waals surface area contributed by atoms with Gasteiger partial charge >= 0.3 is 7.60 Å². The summed E-state index contributed by atoms with van der Waals surface area (Å²) in [7, 11) is -3.43. The van der Waals surface area contributed by atoms with Crippen molar-refractivity contribution in [3.05, 3.63) is 66.2 Å². The largest absolute Gasteiger partial charge is 0.361 e. The Labute approximate surface area is 161 Å². The molecule has 4 heteroatoms. The molecule has 0 heterocycles. The molecule has 0 aliphatic carbocycles. The third kappa shape index (κ3) is 3.87. The zero-order valence-electron chi connectivity index (χ0n) is 16.4. The van der Waals surface area contributed by atoms with Gasteiger partial charge < -0.3 is 9.05 Å². The van der Waals surface area contributed by atoms with Crippen LogP contribution in [0, 0.1) is 0 Å². The lowest BCUT2D eigenvalue weighted by Crippen LogP contribution is -2.15. The Kier molecular flexibility index (Phi) is 6.16. The minimum atomic E-state index is -3.43. The molecule has 0 saturated carbocycles. The summed E-state index contributed by atoms with van der Waals surface area (Å²) in [6.45, 7) is 8.69. The summed E-state index contributed by atoms with van der Waals surface area (Å²) in [5, 5.41) is 2.80. The van der Waals surface area contributed by atoms with Crippen molar-refractivity contribution in [2.75, 3.05) is 13.2 Å². The molecule has 0 saturated heterocycles. The molecule has 27 heavy (non-hydrogen) atoms. The molecule has 0 aliphatic heterocycles. The minimum Gasteiger partial charge on any atom is -0.305 e. The fraction of sp³-hybridized carbons (Fsp3) is 0.304. The van der Waals surface area contributed by atoms with Crippen molar-refractivity contribution >= 4 is 23.7 Å². The van der Waals surface area contributed by atoms with E-state index in [0.29, 0.717) is 24.4 Å². The summed E-state index contributed by atoms with van der Waals surface area (Å²) < 4.78 is 25.1. The van der Waals surface area contributed by atoms with Gasteiger partial charge in [0.25, 0.3) is 0 Å². The van der Waals surface area contributed by atoms with Gasteiger partial charge in [0.05, 0.1) is 18.5 Å². The summed E-state index contributed by atoms with van der Waals surface area (Å²) in [5.41, 5.74) is 3.25. The lowest BCUT2D eigenvalue weighted by molar-refractivity contribution is 0.230. The van der Waals surface area contributed by atoms with Crippen molar-refractivity contribution in [2.45, 2.75) is 33.6 Å². The zero-order valence-corrected chi connectivity index (χ0v) is 17.3. The molecule has 0 aliphatic rings. The van der Waals surface area contributed by atoms with Gasteiger partial charge in [-0.25, -0.2) is 0 Å². The Morgan fingerprint density at radius 3 is 2.15 bits per heavy atom. The smallest absolute Gasteiger partial charge is 0.305 e. The Morgan fingerprint density at radius 2 is 1.48 bits per heavy atom. The normalized spacial score (nSPS) is 12.0. The summed E-state index contributed by atoms with van der Waals surface area (Å²) in [6.07, 6.45) is 0. The quantitative estimate of drug-likeness (QED) is 0.436. The van der Waals surface area contributed by atoms with Crippen LogP contribution in [0.4, 0.5) is 0 Å². The van der Waals surface area contributed by atoms with Gasteiger partial charge in [-0.15, -0.1) is 0 Å². The van der Waals surface area contributed by atoms with Gasteiger partial charge in [-0.1, -0.05) is 68.4 Å². The van der Waals surface area contributed by atoms with E-state index in [1.54, 1.807) is 0 Å². The molecule has 3 aromatic rings. The van der Waals surface area contributed by atoms with E-state index >= 15 is 0 Å². The highest BCUT2D eigenvalue weighted by atomic mass is 31.2. The molecule has 0 fully saturated rings. The van der Waals surface area contributed by atoms with E-state index in [1.807, 2.05) is 50.2 Å². The van der Waals surface area contributed by atoms with E-state index in [4.69, 9.17) is 9.05 Å². The zero-order chi connectivity index (χ0) is 19.4. The first-order valence-electron chi connectivity index (χ1n) is 9.52. The standard InChI is InChI=1S/C23H27O3P/c1-5-25-27(24,26-6-2)22-16-15-18-11-7-8-13-20(18)23(22)21-14-10-9-12-19(21)17(3)4/h7-17H,5-6H2,1-4H3. The van der Waals surface area contributed by atoms with E-state index in [-0.39, 0.29) is 0 Å². The molecule has 0 amide bonds. The summed E-state index contributed by atoms with van der Waals surface area (Å²) in [4.78, 5) is 0. The average Bonchev–Trinajstić information content (AvgIpc) is 2.67. The predicted molar refractivity (Wildman–Crippen MR) is 114 cm³/mol. The van der Waals surface area contributed by atoms with Gasteiger partial charge in [0.15, 0.2) is 0 Å². The third-order valence-corrected chi connectivity index (χ3v) is 6.81. The second kappa shape index (κ2) is 8.39. The average molecular weight is 382 g/mol. The Morgan fingerprint density at radius 1 is 0.852 bits per heavy atom. The molecule has 0 N–H and O–H groups in total. The van der Waals surface area contributed by atoms with Crippen LogP contribution in [-0.4, -0.2) is 13.2 Å². The van der Waals surface area contributed by atoms with Gasteiger partial charge in [0.1, 0.15) is 0 Å². The second-order valence-corrected chi connectivity index (χ2v) is 8.75. The molecule has 3 rings (SSSR count). The van der Waals surface area contributed by atoms with Crippen LogP contribution in [0.25, 0.3) is 21.9 Å². The molecule has 3 nitrogen and oxygen atoms in total. The van der Waals surface area contributed by atoms with Crippen molar-refractivity contribution in [1.82, 2.24) is 0 Å². The number of benzene rings is 3. The van der Waals surface area contributed by atoms with Crippen LogP contribution in [0.2, 0.25) is 0 Å².